The third kappa shape index (κ3) is 3.38. The SMILES string of the molecule is CCc1cc(C)c(C(=O)OC)cc1CS(=O)O. The zero-order chi connectivity index (χ0) is 13.0. The maximum absolute atomic E-state index is 11.5. The summed E-state index contributed by atoms with van der Waals surface area (Å²) in [6.45, 7) is 3.79. The van der Waals surface area contributed by atoms with Crippen LogP contribution in [-0.2, 0) is 28.0 Å². The van der Waals surface area contributed by atoms with Gasteiger partial charge in [-0.25, -0.2) is 9.00 Å². The largest absolute Gasteiger partial charge is 0.465 e. The molecule has 1 rings (SSSR count). The van der Waals surface area contributed by atoms with Gasteiger partial charge in [0.25, 0.3) is 0 Å². The number of methoxy groups -OCH3 is 1. The van der Waals surface area contributed by atoms with E-state index in [4.69, 9.17) is 4.55 Å². The summed E-state index contributed by atoms with van der Waals surface area (Å²) in [5.74, 6) is -0.386. The molecule has 0 fully saturated rings. The lowest BCUT2D eigenvalue weighted by Gasteiger charge is -2.11. The highest BCUT2D eigenvalue weighted by molar-refractivity contribution is 7.78. The molecule has 1 atom stereocenters. The molecule has 5 heteroatoms. The average molecular weight is 256 g/mol. The molecule has 0 spiro atoms. The lowest BCUT2D eigenvalue weighted by molar-refractivity contribution is 0.0599. The second-order valence-electron chi connectivity index (χ2n) is 3.75. The van der Waals surface area contributed by atoms with Crippen LogP contribution in [0.5, 0.6) is 0 Å². The van der Waals surface area contributed by atoms with Gasteiger partial charge in [-0.05, 0) is 36.1 Å². The van der Waals surface area contributed by atoms with E-state index in [0.717, 1.165) is 23.1 Å². The van der Waals surface area contributed by atoms with Crippen molar-refractivity contribution in [2.24, 2.45) is 0 Å². The molecule has 94 valence electrons. The van der Waals surface area contributed by atoms with Crippen molar-refractivity contribution in [2.45, 2.75) is 26.0 Å². The Hall–Kier alpha value is -1.20. The van der Waals surface area contributed by atoms with Gasteiger partial charge >= 0.3 is 5.97 Å². The fourth-order valence-electron chi connectivity index (χ4n) is 1.74. The number of hydrogen-bond donors (Lipinski definition) is 1. The first-order chi connectivity index (χ1) is 7.99. The standard InChI is InChI=1S/C12H16O4S/c1-4-9-5-8(2)11(12(13)16-3)6-10(9)7-17(14)15/h5-6H,4,7H2,1-3H3,(H,14,15). The van der Waals surface area contributed by atoms with E-state index in [-0.39, 0.29) is 5.75 Å². The number of benzene rings is 1. The predicted molar refractivity (Wildman–Crippen MR) is 66.4 cm³/mol. The van der Waals surface area contributed by atoms with Crippen molar-refractivity contribution in [2.75, 3.05) is 7.11 Å². The molecule has 0 aromatic heterocycles. The van der Waals surface area contributed by atoms with E-state index in [0.29, 0.717) is 5.56 Å². The van der Waals surface area contributed by atoms with Crippen molar-refractivity contribution in [3.63, 3.8) is 0 Å². The van der Waals surface area contributed by atoms with Gasteiger partial charge in [-0.2, -0.15) is 0 Å². The van der Waals surface area contributed by atoms with Gasteiger partial charge in [-0.15, -0.1) is 0 Å². The van der Waals surface area contributed by atoms with Crippen LogP contribution in [0.2, 0.25) is 0 Å². The van der Waals surface area contributed by atoms with Crippen LogP contribution in [-0.4, -0.2) is 21.8 Å². The van der Waals surface area contributed by atoms with Crippen molar-refractivity contribution < 1.29 is 18.3 Å². The van der Waals surface area contributed by atoms with E-state index in [1.807, 2.05) is 19.9 Å². The van der Waals surface area contributed by atoms with Gasteiger partial charge in [0, 0.05) is 0 Å². The molecule has 0 aliphatic carbocycles. The zero-order valence-electron chi connectivity index (χ0n) is 10.1. The van der Waals surface area contributed by atoms with Crippen LogP contribution in [0, 0.1) is 6.92 Å². The Morgan fingerprint density at radius 2 is 2.06 bits per heavy atom. The lowest BCUT2D eigenvalue weighted by atomic mass is 9.98. The Labute approximate surface area is 103 Å². The number of ether oxygens (including phenoxy) is 1. The van der Waals surface area contributed by atoms with Gasteiger partial charge < -0.3 is 9.29 Å². The number of carbonyl (C=O) groups is 1. The summed E-state index contributed by atoms with van der Waals surface area (Å²) in [6.07, 6.45) is 0.759. The Morgan fingerprint density at radius 1 is 1.41 bits per heavy atom. The van der Waals surface area contributed by atoms with E-state index in [1.54, 1.807) is 6.07 Å². The summed E-state index contributed by atoms with van der Waals surface area (Å²) in [4.78, 5) is 11.5. The summed E-state index contributed by atoms with van der Waals surface area (Å²) < 4.78 is 24.5. The normalized spacial score (nSPS) is 12.2. The third-order valence-electron chi connectivity index (χ3n) is 2.61. The van der Waals surface area contributed by atoms with Crippen LogP contribution in [0.4, 0.5) is 0 Å². The molecule has 0 saturated carbocycles. The molecule has 0 radical (unpaired) electrons. The molecule has 0 amide bonds. The smallest absolute Gasteiger partial charge is 0.338 e. The minimum absolute atomic E-state index is 0.0352. The maximum Gasteiger partial charge on any atom is 0.338 e. The fraction of sp³-hybridized carbons (Fsp3) is 0.417. The highest BCUT2D eigenvalue weighted by atomic mass is 32.2. The number of esters is 1. The summed E-state index contributed by atoms with van der Waals surface area (Å²) >= 11 is -1.91. The Morgan fingerprint density at radius 3 is 2.53 bits per heavy atom. The topological polar surface area (TPSA) is 63.6 Å². The van der Waals surface area contributed by atoms with Crippen LogP contribution < -0.4 is 0 Å². The molecule has 0 aliphatic rings. The highest BCUT2D eigenvalue weighted by Crippen LogP contribution is 2.19. The maximum atomic E-state index is 11.5. The Kier molecular flexibility index (Phi) is 4.84. The Bertz CT molecular complexity index is 454. The predicted octanol–water partition coefficient (Wildman–Crippen LogP) is 2.07. The van der Waals surface area contributed by atoms with Crippen LogP contribution in [0.15, 0.2) is 12.1 Å². The molecule has 0 heterocycles. The van der Waals surface area contributed by atoms with Crippen LogP contribution in [0.25, 0.3) is 0 Å². The van der Waals surface area contributed by atoms with Gasteiger partial charge in [0.15, 0.2) is 11.1 Å². The van der Waals surface area contributed by atoms with E-state index in [1.165, 1.54) is 7.11 Å². The molecule has 4 nitrogen and oxygen atoms in total. The van der Waals surface area contributed by atoms with Crippen molar-refractivity contribution in [1.82, 2.24) is 0 Å². The van der Waals surface area contributed by atoms with E-state index >= 15 is 0 Å². The van der Waals surface area contributed by atoms with Crippen molar-refractivity contribution in [1.29, 1.82) is 0 Å². The van der Waals surface area contributed by atoms with Crippen molar-refractivity contribution >= 4 is 17.0 Å². The van der Waals surface area contributed by atoms with Gasteiger partial charge in [0.05, 0.1) is 18.4 Å². The molecular weight excluding hydrogens is 240 g/mol. The minimum atomic E-state index is -1.91. The quantitative estimate of drug-likeness (QED) is 0.661. The Balaban J connectivity index is 3.26. The van der Waals surface area contributed by atoms with Gasteiger partial charge in [-0.3, -0.25) is 0 Å². The highest BCUT2D eigenvalue weighted by Gasteiger charge is 2.14. The van der Waals surface area contributed by atoms with Gasteiger partial charge in [0.2, 0.25) is 0 Å². The van der Waals surface area contributed by atoms with Gasteiger partial charge in [-0.1, -0.05) is 13.0 Å². The average Bonchev–Trinajstić information content (AvgIpc) is 2.29. The summed E-state index contributed by atoms with van der Waals surface area (Å²) in [5, 5.41) is 0. The van der Waals surface area contributed by atoms with Gasteiger partial charge in [0.1, 0.15) is 0 Å². The molecule has 0 saturated heterocycles. The molecule has 17 heavy (non-hydrogen) atoms. The van der Waals surface area contributed by atoms with Crippen molar-refractivity contribution in [3.05, 3.63) is 34.4 Å². The number of carbonyl (C=O) groups excluding carboxylic acids is 1. The van der Waals surface area contributed by atoms with Crippen LogP contribution >= 0.6 is 0 Å². The number of aryl methyl sites for hydroxylation is 2. The second-order valence-corrected chi connectivity index (χ2v) is 4.68. The first-order valence-corrected chi connectivity index (χ1v) is 6.55. The molecular formula is C12H16O4S. The molecule has 0 bridgehead atoms. The number of rotatable bonds is 4. The fourth-order valence-corrected chi connectivity index (χ4v) is 2.27. The summed E-state index contributed by atoms with van der Waals surface area (Å²) in [6, 6.07) is 3.52. The molecule has 1 aromatic rings. The van der Waals surface area contributed by atoms with E-state index in [2.05, 4.69) is 4.74 Å². The molecule has 1 aromatic carbocycles. The first-order valence-electron chi connectivity index (χ1n) is 5.27. The monoisotopic (exact) mass is 256 g/mol. The molecule has 1 unspecified atom stereocenters. The van der Waals surface area contributed by atoms with Crippen LogP contribution in [0.1, 0.15) is 34.0 Å². The third-order valence-corrected chi connectivity index (χ3v) is 3.17. The summed E-state index contributed by atoms with van der Waals surface area (Å²) in [7, 11) is 1.32. The van der Waals surface area contributed by atoms with Crippen LogP contribution in [0.3, 0.4) is 0 Å². The van der Waals surface area contributed by atoms with E-state index in [9.17, 15) is 9.00 Å². The molecule has 1 N–H and O–H groups in total. The van der Waals surface area contributed by atoms with Crippen molar-refractivity contribution in [3.8, 4) is 0 Å². The minimum Gasteiger partial charge on any atom is -0.465 e. The lowest BCUT2D eigenvalue weighted by Crippen LogP contribution is -2.08. The second kappa shape index (κ2) is 5.93. The number of hydrogen-bond acceptors (Lipinski definition) is 3. The van der Waals surface area contributed by atoms with E-state index < -0.39 is 17.0 Å². The zero-order valence-corrected chi connectivity index (χ0v) is 11.0. The first kappa shape index (κ1) is 13.9. The summed E-state index contributed by atoms with van der Waals surface area (Å²) in [5.41, 5.74) is 2.98. The molecule has 0 aliphatic heterocycles.